The first kappa shape index (κ1) is 26.1. The fraction of sp³-hybridized carbons (Fsp3) is 0.222. The fourth-order valence-electron chi connectivity index (χ4n) is 4.84. The molecule has 0 bridgehead atoms. The van der Waals surface area contributed by atoms with Crippen LogP contribution in [-0.4, -0.2) is 61.1 Å². The zero-order valence-electron chi connectivity index (χ0n) is 21.5. The Bertz CT molecular complexity index is 1810. The Morgan fingerprint density at radius 3 is 2.55 bits per heavy atom. The van der Waals surface area contributed by atoms with Crippen molar-refractivity contribution in [2.75, 3.05) is 18.4 Å². The number of hydrogen-bond donors (Lipinski definition) is 1. The number of pyridine rings is 1. The molecule has 204 valence electrons. The number of rotatable bonds is 6. The minimum atomic E-state index is -3.76. The SMILES string of the molecule is Cc1ccc(-n2nc(C3CCN(S(=O)(=O)c4cccnc4Cl)CC3)cc2NC(=O)c2cnn3cccnc23)cc1. The van der Waals surface area contributed by atoms with E-state index in [4.69, 9.17) is 16.7 Å². The van der Waals surface area contributed by atoms with Crippen molar-refractivity contribution in [3.05, 3.63) is 95.3 Å². The monoisotopic (exact) mass is 576 g/mol. The Morgan fingerprint density at radius 1 is 1.05 bits per heavy atom. The Balaban J connectivity index is 1.27. The van der Waals surface area contributed by atoms with Crippen LogP contribution in [0.5, 0.6) is 0 Å². The first-order valence-corrected chi connectivity index (χ1v) is 14.5. The highest BCUT2D eigenvalue weighted by molar-refractivity contribution is 7.89. The van der Waals surface area contributed by atoms with Crippen LogP contribution >= 0.6 is 11.6 Å². The highest BCUT2D eigenvalue weighted by Crippen LogP contribution is 2.33. The second-order valence-corrected chi connectivity index (χ2v) is 11.8. The first-order valence-electron chi connectivity index (χ1n) is 12.7. The third-order valence-corrected chi connectivity index (χ3v) is 9.33. The molecule has 0 aliphatic carbocycles. The smallest absolute Gasteiger partial charge is 0.262 e. The number of nitrogens with zero attached hydrogens (tertiary/aromatic N) is 7. The zero-order valence-corrected chi connectivity index (χ0v) is 23.0. The van der Waals surface area contributed by atoms with Gasteiger partial charge in [-0.1, -0.05) is 29.3 Å². The molecule has 1 saturated heterocycles. The van der Waals surface area contributed by atoms with Crippen molar-refractivity contribution in [3.63, 3.8) is 0 Å². The van der Waals surface area contributed by atoms with Gasteiger partial charge in [0, 0.05) is 43.7 Å². The second kappa shape index (κ2) is 10.5. The van der Waals surface area contributed by atoms with E-state index in [9.17, 15) is 13.2 Å². The maximum absolute atomic E-state index is 13.3. The van der Waals surface area contributed by atoms with Gasteiger partial charge in [-0.15, -0.1) is 0 Å². The van der Waals surface area contributed by atoms with Crippen LogP contribution in [0.4, 0.5) is 5.82 Å². The molecule has 11 nitrogen and oxygen atoms in total. The van der Waals surface area contributed by atoms with E-state index >= 15 is 0 Å². The molecule has 5 aromatic rings. The van der Waals surface area contributed by atoms with Gasteiger partial charge in [0.15, 0.2) is 5.65 Å². The van der Waals surface area contributed by atoms with Gasteiger partial charge in [0.25, 0.3) is 5.91 Å². The molecular formula is C27H25ClN8O3S. The summed E-state index contributed by atoms with van der Waals surface area (Å²) in [6.45, 7) is 2.62. The number of piperidine rings is 1. The van der Waals surface area contributed by atoms with E-state index in [1.807, 2.05) is 37.3 Å². The summed E-state index contributed by atoms with van der Waals surface area (Å²) in [6.07, 6.45) is 7.40. The molecule has 13 heteroatoms. The lowest BCUT2D eigenvalue weighted by molar-refractivity contribution is 0.102. The van der Waals surface area contributed by atoms with Crippen molar-refractivity contribution in [1.29, 1.82) is 0 Å². The number of nitrogens with one attached hydrogen (secondary N) is 1. The Morgan fingerprint density at radius 2 is 1.80 bits per heavy atom. The molecule has 0 saturated carbocycles. The average Bonchev–Trinajstić information content (AvgIpc) is 3.58. The maximum Gasteiger partial charge on any atom is 0.262 e. The molecule has 1 aromatic carbocycles. The Kier molecular flexibility index (Phi) is 6.82. The number of halogens is 1. The van der Waals surface area contributed by atoms with Crippen molar-refractivity contribution >= 4 is 39.0 Å². The van der Waals surface area contributed by atoms with Crippen molar-refractivity contribution in [2.24, 2.45) is 0 Å². The Labute approximate surface area is 235 Å². The highest BCUT2D eigenvalue weighted by Gasteiger charge is 2.33. The number of carbonyl (C=O) groups is 1. The molecular weight excluding hydrogens is 552 g/mol. The quantitative estimate of drug-likeness (QED) is 0.302. The number of sulfonamides is 1. The Hall–Kier alpha value is -4.13. The molecule has 1 aliphatic heterocycles. The standard InChI is InChI=1S/C27H25ClN8O3S/c1-18-5-7-20(8-6-18)36-24(32-27(37)21-17-31-35-13-3-12-30-26(21)35)16-22(33-36)19-9-14-34(15-10-19)40(38,39)23-4-2-11-29-25(23)28/h2-8,11-13,16-17,19H,9-10,14-15H2,1H3,(H,32,37). The van der Waals surface area contributed by atoms with E-state index < -0.39 is 10.0 Å². The molecule has 4 aromatic heterocycles. The lowest BCUT2D eigenvalue weighted by atomic mass is 9.95. The summed E-state index contributed by atoms with van der Waals surface area (Å²) in [5, 5.41) is 12.0. The average molecular weight is 577 g/mol. The minimum Gasteiger partial charge on any atom is -0.306 e. The normalized spacial score (nSPS) is 14.9. The van der Waals surface area contributed by atoms with Crippen LogP contribution in [0.1, 0.15) is 40.4 Å². The van der Waals surface area contributed by atoms with Gasteiger partial charge in [0.05, 0.1) is 17.6 Å². The summed E-state index contributed by atoms with van der Waals surface area (Å²) < 4.78 is 31.0. The third-order valence-electron chi connectivity index (χ3n) is 6.99. The van der Waals surface area contributed by atoms with E-state index in [0.29, 0.717) is 43.0 Å². The summed E-state index contributed by atoms with van der Waals surface area (Å²) in [4.78, 5) is 21.5. The number of anilines is 1. The van der Waals surface area contributed by atoms with Crippen LogP contribution in [0.2, 0.25) is 5.15 Å². The first-order chi connectivity index (χ1) is 19.3. The van der Waals surface area contributed by atoms with Gasteiger partial charge in [-0.3, -0.25) is 4.79 Å². The van der Waals surface area contributed by atoms with Gasteiger partial charge >= 0.3 is 0 Å². The molecule has 1 N–H and O–H groups in total. The van der Waals surface area contributed by atoms with Gasteiger partial charge in [0.1, 0.15) is 21.4 Å². The van der Waals surface area contributed by atoms with E-state index in [1.165, 1.54) is 27.3 Å². The van der Waals surface area contributed by atoms with Gasteiger partial charge in [-0.2, -0.15) is 14.5 Å². The number of amides is 1. The van der Waals surface area contributed by atoms with E-state index in [2.05, 4.69) is 20.4 Å². The van der Waals surface area contributed by atoms with E-state index in [1.54, 1.807) is 29.2 Å². The maximum atomic E-state index is 13.3. The van der Waals surface area contributed by atoms with Crippen LogP contribution in [0, 0.1) is 6.92 Å². The van der Waals surface area contributed by atoms with Crippen LogP contribution in [0.3, 0.4) is 0 Å². The number of carbonyl (C=O) groups excluding carboxylic acids is 1. The molecule has 1 aliphatic rings. The molecule has 0 spiro atoms. The van der Waals surface area contributed by atoms with Crippen molar-refractivity contribution in [2.45, 2.75) is 30.6 Å². The molecule has 0 radical (unpaired) electrons. The number of hydrogen-bond acceptors (Lipinski definition) is 7. The summed E-state index contributed by atoms with van der Waals surface area (Å²) >= 11 is 6.08. The topological polar surface area (TPSA) is 127 Å². The van der Waals surface area contributed by atoms with Gasteiger partial charge in [-0.05, 0) is 50.1 Å². The summed E-state index contributed by atoms with van der Waals surface area (Å²) in [6, 6.07) is 14.4. The molecule has 1 fully saturated rings. The zero-order chi connectivity index (χ0) is 27.9. The minimum absolute atomic E-state index is 0.00295. The summed E-state index contributed by atoms with van der Waals surface area (Å²) in [5.41, 5.74) is 3.44. The largest absolute Gasteiger partial charge is 0.306 e. The molecule has 6 rings (SSSR count). The van der Waals surface area contributed by atoms with Crippen LogP contribution in [-0.2, 0) is 10.0 Å². The predicted molar refractivity (Wildman–Crippen MR) is 149 cm³/mol. The predicted octanol–water partition coefficient (Wildman–Crippen LogP) is 4.09. The van der Waals surface area contributed by atoms with Crippen LogP contribution < -0.4 is 5.32 Å². The lowest BCUT2D eigenvalue weighted by Gasteiger charge is -2.30. The van der Waals surface area contributed by atoms with Gasteiger partial charge in [0.2, 0.25) is 10.0 Å². The van der Waals surface area contributed by atoms with Crippen molar-refractivity contribution in [1.82, 2.24) is 33.7 Å². The summed E-state index contributed by atoms with van der Waals surface area (Å²) in [7, 11) is -3.76. The number of aryl methyl sites for hydroxylation is 1. The van der Waals surface area contributed by atoms with Crippen molar-refractivity contribution in [3.8, 4) is 5.69 Å². The van der Waals surface area contributed by atoms with E-state index in [0.717, 1.165) is 16.9 Å². The lowest BCUT2D eigenvalue weighted by Crippen LogP contribution is -2.38. The third kappa shape index (κ3) is 4.85. The van der Waals surface area contributed by atoms with Crippen LogP contribution in [0.15, 0.2) is 78.2 Å². The number of fused-ring (bicyclic) bond motifs is 1. The van der Waals surface area contributed by atoms with E-state index in [-0.39, 0.29) is 21.9 Å². The van der Waals surface area contributed by atoms with Gasteiger partial charge < -0.3 is 5.32 Å². The molecule has 5 heterocycles. The fourth-order valence-corrected chi connectivity index (χ4v) is 6.73. The van der Waals surface area contributed by atoms with Crippen LogP contribution in [0.25, 0.3) is 11.3 Å². The molecule has 1 amide bonds. The number of aromatic nitrogens is 6. The molecule has 40 heavy (non-hydrogen) atoms. The molecule has 0 unspecified atom stereocenters. The summed E-state index contributed by atoms with van der Waals surface area (Å²) in [5.74, 6) is 0.135. The highest BCUT2D eigenvalue weighted by atomic mass is 35.5. The number of benzene rings is 1. The van der Waals surface area contributed by atoms with Crippen molar-refractivity contribution < 1.29 is 13.2 Å². The molecule has 0 atom stereocenters. The second-order valence-electron chi connectivity index (χ2n) is 9.57. The van der Waals surface area contributed by atoms with Gasteiger partial charge in [-0.25, -0.2) is 27.6 Å².